The molecule has 20 heavy (non-hydrogen) atoms. The van der Waals surface area contributed by atoms with Crippen LogP contribution in [-0.4, -0.2) is 19.3 Å². The zero-order chi connectivity index (χ0) is 14.8. The molecule has 0 atom stereocenters. The molecule has 1 heterocycles. The number of carbonyl (C=O) groups is 1. The lowest BCUT2D eigenvalue weighted by Crippen LogP contribution is -2.18. The van der Waals surface area contributed by atoms with Crippen LogP contribution in [0.5, 0.6) is 0 Å². The Morgan fingerprint density at radius 2 is 2.05 bits per heavy atom. The summed E-state index contributed by atoms with van der Waals surface area (Å²) < 4.78 is 26.6. The van der Waals surface area contributed by atoms with Crippen molar-refractivity contribution < 1.29 is 13.2 Å². The van der Waals surface area contributed by atoms with E-state index in [2.05, 4.69) is 9.71 Å². The predicted molar refractivity (Wildman–Crippen MR) is 75.0 cm³/mol. The molecule has 6 nitrogen and oxygen atoms in total. The fourth-order valence-electron chi connectivity index (χ4n) is 1.53. The predicted octanol–water partition coefficient (Wildman–Crippen LogP) is 1.63. The van der Waals surface area contributed by atoms with E-state index in [1.807, 2.05) is 0 Å². The van der Waals surface area contributed by atoms with E-state index in [0.717, 1.165) is 0 Å². The molecule has 0 bridgehead atoms. The molecule has 2 rings (SSSR count). The summed E-state index contributed by atoms with van der Waals surface area (Å²) in [6.07, 6.45) is 2.56. The molecule has 1 aromatic carbocycles. The first-order valence-corrected chi connectivity index (χ1v) is 7.28. The zero-order valence-electron chi connectivity index (χ0n) is 10.1. The van der Waals surface area contributed by atoms with Crippen LogP contribution < -0.4 is 10.5 Å². The van der Waals surface area contributed by atoms with Gasteiger partial charge < -0.3 is 5.73 Å². The number of nitrogens with one attached hydrogen (secondary N) is 1. The van der Waals surface area contributed by atoms with E-state index in [1.165, 1.54) is 36.7 Å². The molecule has 104 valence electrons. The number of primary amides is 1. The molecule has 0 aliphatic rings. The van der Waals surface area contributed by atoms with Crippen molar-refractivity contribution in [1.29, 1.82) is 0 Å². The van der Waals surface area contributed by atoms with Gasteiger partial charge in [-0.15, -0.1) is 0 Å². The largest absolute Gasteiger partial charge is 0.366 e. The molecule has 0 saturated carbocycles. The molecule has 0 fully saturated rings. The quantitative estimate of drug-likeness (QED) is 0.895. The van der Waals surface area contributed by atoms with Gasteiger partial charge in [0, 0.05) is 11.2 Å². The summed E-state index contributed by atoms with van der Waals surface area (Å²) >= 11 is 5.76. The molecular weight excluding hydrogens is 302 g/mol. The van der Waals surface area contributed by atoms with Crippen molar-refractivity contribution in [1.82, 2.24) is 4.98 Å². The Labute approximate surface area is 120 Å². The average molecular weight is 312 g/mol. The van der Waals surface area contributed by atoms with E-state index >= 15 is 0 Å². The summed E-state index contributed by atoms with van der Waals surface area (Å²) in [6.45, 7) is 0. The van der Waals surface area contributed by atoms with Gasteiger partial charge in [-0.25, -0.2) is 8.42 Å². The first-order chi connectivity index (χ1) is 9.40. The fraction of sp³-hybridized carbons (Fsp3) is 0. The Kier molecular flexibility index (Phi) is 3.91. The number of halogens is 1. The summed E-state index contributed by atoms with van der Waals surface area (Å²) in [5, 5.41) is 0.286. The van der Waals surface area contributed by atoms with E-state index in [9.17, 15) is 13.2 Å². The van der Waals surface area contributed by atoms with E-state index in [-0.39, 0.29) is 21.2 Å². The molecule has 1 aromatic heterocycles. The van der Waals surface area contributed by atoms with Crippen LogP contribution in [0.3, 0.4) is 0 Å². The number of hydrogen-bond acceptors (Lipinski definition) is 4. The molecule has 0 spiro atoms. The van der Waals surface area contributed by atoms with Gasteiger partial charge in [-0.1, -0.05) is 17.7 Å². The lowest BCUT2D eigenvalue weighted by molar-refractivity contribution is 0.100. The van der Waals surface area contributed by atoms with Gasteiger partial charge >= 0.3 is 0 Å². The molecule has 0 radical (unpaired) electrons. The molecule has 1 amide bonds. The van der Waals surface area contributed by atoms with Gasteiger partial charge in [0.15, 0.2) is 0 Å². The third-order valence-corrected chi connectivity index (χ3v) is 4.04. The molecular formula is C12H10ClN3O3S. The van der Waals surface area contributed by atoms with E-state index in [4.69, 9.17) is 17.3 Å². The molecule has 8 heteroatoms. The number of anilines is 1. The normalized spacial score (nSPS) is 11.1. The second-order valence-electron chi connectivity index (χ2n) is 3.85. The number of carbonyl (C=O) groups excluding carboxylic acids is 1. The molecule has 0 unspecified atom stereocenters. The van der Waals surface area contributed by atoms with Crippen molar-refractivity contribution in [3.8, 4) is 0 Å². The number of pyridine rings is 1. The van der Waals surface area contributed by atoms with Gasteiger partial charge in [0.1, 0.15) is 0 Å². The lowest BCUT2D eigenvalue weighted by atomic mass is 10.2. The van der Waals surface area contributed by atoms with Crippen molar-refractivity contribution in [2.75, 3.05) is 4.72 Å². The Balaban J connectivity index is 2.41. The number of rotatable bonds is 4. The average Bonchev–Trinajstić information content (AvgIpc) is 2.38. The van der Waals surface area contributed by atoms with Crippen molar-refractivity contribution >= 4 is 33.2 Å². The van der Waals surface area contributed by atoms with Crippen molar-refractivity contribution in [3.05, 3.63) is 53.3 Å². The Morgan fingerprint density at radius 1 is 1.30 bits per heavy atom. The highest BCUT2D eigenvalue weighted by Crippen LogP contribution is 2.20. The van der Waals surface area contributed by atoms with E-state index in [1.54, 1.807) is 6.07 Å². The Hall–Kier alpha value is -2.12. The molecule has 3 N–H and O–H groups in total. The first kappa shape index (κ1) is 14.3. The number of nitrogens with zero attached hydrogens (tertiary/aromatic N) is 1. The lowest BCUT2D eigenvalue weighted by Gasteiger charge is -2.10. The number of benzene rings is 1. The summed E-state index contributed by atoms with van der Waals surface area (Å²) in [5.74, 6) is -0.754. The number of sulfonamides is 1. The van der Waals surface area contributed by atoms with E-state index < -0.39 is 15.9 Å². The molecule has 0 aliphatic heterocycles. The highest BCUT2D eigenvalue weighted by molar-refractivity contribution is 7.92. The summed E-state index contributed by atoms with van der Waals surface area (Å²) in [5.41, 5.74) is 5.22. The van der Waals surface area contributed by atoms with Crippen LogP contribution in [0.2, 0.25) is 5.02 Å². The van der Waals surface area contributed by atoms with Gasteiger partial charge in [-0.2, -0.15) is 0 Å². The minimum Gasteiger partial charge on any atom is -0.366 e. The number of aromatic nitrogens is 1. The van der Waals surface area contributed by atoms with Crippen molar-refractivity contribution in [2.45, 2.75) is 4.90 Å². The van der Waals surface area contributed by atoms with Gasteiger partial charge in [-0.05, 0) is 24.3 Å². The highest BCUT2D eigenvalue weighted by Gasteiger charge is 2.18. The minimum absolute atomic E-state index is 0.0139. The van der Waals surface area contributed by atoms with E-state index in [0.29, 0.717) is 0 Å². The van der Waals surface area contributed by atoms with Crippen LogP contribution in [-0.2, 0) is 10.0 Å². The van der Waals surface area contributed by atoms with Gasteiger partial charge in [0.2, 0.25) is 0 Å². The van der Waals surface area contributed by atoms with Crippen LogP contribution in [0, 0.1) is 0 Å². The van der Waals surface area contributed by atoms with Crippen molar-refractivity contribution in [2.24, 2.45) is 5.73 Å². The van der Waals surface area contributed by atoms with Crippen LogP contribution in [0.25, 0.3) is 0 Å². The number of amides is 1. The third-order valence-electron chi connectivity index (χ3n) is 2.44. The SMILES string of the molecule is NC(=O)c1ccncc1NS(=O)(=O)c1cccc(Cl)c1. The number of hydrogen-bond donors (Lipinski definition) is 2. The summed E-state index contributed by atoms with van der Waals surface area (Å²) in [4.78, 5) is 15.0. The summed E-state index contributed by atoms with van der Waals surface area (Å²) in [7, 11) is -3.87. The van der Waals surface area contributed by atoms with Gasteiger partial charge in [-0.3, -0.25) is 14.5 Å². The van der Waals surface area contributed by atoms with Gasteiger partial charge in [0.25, 0.3) is 15.9 Å². The second kappa shape index (κ2) is 5.48. The van der Waals surface area contributed by atoms with Crippen LogP contribution in [0.1, 0.15) is 10.4 Å². The van der Waals surface area contributed by atoms with Crippen LogP contribution in [0.15, 0.2) is 47.6 Å². The standard InChI is InChI=1S/C12H10ClN3O3S/c13-8-2-1-3-9(6-8)20(18,19)16-11-7-15-5-4-10(11)12(14)17/h1-7,16H,(H2,14,17). The second-order valence-corrected chi connectivity index (χ2v) is 5.97. The summed E-state index contributed by atoms with van der Waals surface area (Å²) in [6, 6.07) is 7.07. The number of nitrogens with two attached hydrogens (primary N) is 1. The fourth-order valence-corrected chi connectivity index (χ4v) is 2.89. The first-order valence-electron chi connectivity index (χ1n) is 5.42. The van der Waals surface area contributed by atoms with Gasteiger partial charge in [0.05, 0.1) is 22.3 Å². The van der Waals surface area contributed by atoms with Crippen LogP contribution in [0.4, 0.5) is 5.69 Å². The Bertz CT molecular complexity index is 762. The Morgan fingerprint density at radius 3 is 2.70 bits per heavy atom. The smallest absolute Gasteiger partial charge is 0.262 e. The third kappa shape index (κ3) is 3.06. The minimum atomic E-state index is -3.87. The van der Waals surface area contributed by atoms with Crippen molar-refractivity contribution in [3.63, 3.8) is 0 Å². The molecule has 0 aliphatic carbocycles. The maximum Gasteiger partial charge on any atom is 0.262 e. The maximum absolute atomic E-state index is 12.2. The maximum atomic E-state index is 12.2. The highest BCUT2D eigenvalue weighted by atomic mass is 35.5. The monoisotopic (exact) mass is 311 g/mol. The topological polar surface area (TPSA) is 102 Å². The van der Waals surface area contributed by atoms with Crippen LogP contribution >= 0.6 is 11.6 Å². The molecule has 2 aromatic rings. The molecule has 0 saturated heterocycles. The zero-order valence-corrected chi connectivity index (χ0v) is 11.6.